The van der Waals surface area contributed by atoms with E-state index < -0.39 is 15.7 Å². The van der Waals surface area contributed by atoms with Gasteiger partial charge in [-0.15, -0.1) is 0 Å². The first kappa shape index (κ1) is 15.3. The van der Waals surface area contributed by atoms with Gasteiger partial charge >= 0.3 is 0 Å². The van der Waals surface area contributed by atoms with Gasteiger partial charge in [-0.1, -0.05) is 0 Å². The first-order chi connectivity index (χ1) is 10.5. The molecular weight excluding hydrogens is 305 g/mol. The van der Waals surface area contributed by atoms with Crippen LogP contribution < -0.4 is 4.90 Å². The summed E-state index contributed by atoms with van der Waals surface area (Å²) >= 11 is 0. The van der Waals surface area contributed by atoms with E-state index in [1.807, 2.05) is 6.07 Å². The van der Waals surface area contributed by atoms with Crippen molar-refractivity contribution < 1.29 is 12.8 Å². The van der Waals surface area contributed by atoms with Crippen molar-refractivity contribution in [1.82, 2.24) is 4.90 Å². The largest absolute Gasteiger partial charge is 0.368 e. The van der Waals surface area contributed by atoms with E-state index in [0.717, 1.165) is 31.9 Å². The van der Waals surface area contributed by atoms with Gasteiger partial charge in [0.1, 0.15) is 11.9 Å². The lowest BCUT2D eigenvalue weighted by Crippen LogP contribution is -2.51. The lowest BCUT2D eigenvalue weighted by atomic mass is 10.1. The summed E-state index contributed by atoms with van der Waals surface area (Å²) in [5.41, 5.74) is 1.10. The Kier molecular flexibility index (Phi) is 4.06. The molecule has 3 rings (SSSR count). The van der Waals surface area contributed by atoms with Crippen molar-refractivity contribution in [2.75, 3.05) is 42.6 Å². The molecular formula is C15H18FN3O2S. The monoisotopic (exact) mass is 323 g/mol. The van der Waals surface area contributed by atoms with Crippen molar-refractivity contribution in [3.63, 3.8) is 0 Å². The summed E-state index contributed by atoms with van der Waals surface area (Å²) in [6, 6.07) is 6.42. The molecule has 5 nitrogen and oxygen atoms in total. The van der Waals surface area contributed by atoms with Gasteiger partial charge in [-0.3, -0.25) is 4.90 Å². The molecule has 2 aliphatic heterocycles. The highest BCUT2D eigenvalue weighted by atomic mass is 32.2. The fourth-order valence-electron chi connectivity index (χ4n) is 3.26. The van der Waals surface area contributed by atoms with Crippen LogP contribution in [-0.4, -0.2) is 57.0 Å². The van der Waals surface area contributed by atoms with Crippen LogP contribution in [0.15, 0.2) is 18.2 Å². The first-order valence-corrected chi connectivity index (χ1v) is 9.20. The molecule has 1 aromatic rings. The number of nitriles is 1. The highest BCUT2D eigenvalue weighted by Crippen LogP contribution is 2.24. The third-order valence-electron chi connectivity index (χ3n) is 4.46. The molecule has 2 fully saturated rings. The summed E-state index contributed by atoms with van der Waals surface area (Å²) in [6.07, 6.45) is 0.711. The van der Waals surface area contributed by atoms with Crippen LogP contribution in [0.4, 0.5) is 10.1 Å². The van der Waals surface area contributed by atoms with Crippen LogP contribution in [0, 0.1) is 17.1 Å². The van der Waals surface area contributed by atoms with Crippen LogP contribution in [0.2, 0.25) is 0 Å². The molecule has 0 bridgehead atoms. The average Bonchev–Trinajstić information content (AvgIpc) is 2.87. The van der Waals surface area contributed by atoms with Gasteiger partial charge in [0, 0.05) is 32.2 Å². The number of nitrogens with zero attached hydrogens (tertiary/aromatic N) is 3. The van der Waals surface area contributed by atoms with E-state index in [2.05, 4.69) is 9.80 Å². The highest BCUT2D eigenvalue weighted by molar-refractivity contribution is 7.91. The Morgan fingerprint density at radius 2 is 1.95 bits per heavy atom. The van der Waals surface area contributed by atoms with Crippen LogP contribution >= 0.6 is 0 Å². The standard InChI is InChI=1S/C15H18FN3O2S/c16-13-1-2-15(12(9-13)10-17)19-6-4-18(5-7-19)14-3-8-22(20,21)11-14/h1-2,9,14H,3-8,11H2/t14-/m1/s1. The molecule has 2 heterocycles. The van der Waals surface area contributed by atoms with Gasteiger partial charge in [-0.05, 0) is 24.6 Å². The fraction of sp³-hybridized carbons (Fsp3) is 0.533. The molecule has 0 radical (unpaired) electrons. The van der Waals surface area contributed by atoms with Crippen molar-refractivity contribution in [3.05, 3.63) is 29.6 Å². The minimum atomic E-state index is -2.87. The Balaban J connectivity index is 1.66. The zero-order valence-corrected chi connectivity index (χ0v) is 13.0. The van der Waals surface area contributed by atoms with Gasteiger partial charge in [0.15, 0.2) is 9.84 Å². The normalized spacial score (nSPS) is 25.1. The summed E-state index contributed by atoms with van der Waals surface area (Å²) in [6.45, 7) is 2.97. The Labute approximate surface area is 129 Å². The zero-order valence-electron chi connectivity index (χ0n) is 12.2. The second kappa shape index (κ2) is 5.86. The SMILES string of the molecule is N#Cc1cc(F)ccc1N1CCN([C@@H]2CCS(=O)(=O)C2)CC1. The zero-order chi connectivity index (χ0) is 15.7. The second-order valence-electron chi connectivity index (χ2n) is 5.85. The predicted octanol–water partition coefficient (Wildman–Crippen LogP) is 1.01. The molecule has 0 spiro atoms. The third-order valence-corrected chi connectivity index (χ3v) is 6.21. The van der Waals surface area contributed by atoms with Crippen LogP contribution in [0.1, 0.15) is 12.0 Å². The van der Waals surface area contributed by atoms with E-state index >= 15 is 0 Å². The molecule has 118 valence electrons. The number of sulfone groups is 1. The molecule has 0 aliphatic carbocycles. The van der Waals surface area contributed by atoms with Crippen molar-refractivity contribution in [3.8, 4) is 6.07 Å². The minimum absolute atomic E-state index is 0.121. The van der Waals surface area contributed by atoms with Gasteiger partial charge in [0.25, 0.3) is 0 Å². The second-order valence-corrected chi connectivity index (χ2v) is 8.08. The molecule has 7 heteroatoms. The maximum Gasteiger partial charge on any atom is 0.151 e. The Morgan fingerprint density at radius 1 is 1.23 bits per heavy atom. The summed E-state index contributed by atoms with van der Waals surface area (Å²) in [5, 5.41) is 9.14. The number of anilines is 1. The Bertz CT molecular complexity index is 706. The maximum absolute atomic E-state index is 13.2. The average molecular weight is 323 g/mol. The van der Waals surface area contributed by atoms with Crippen LogP contribution in [0.3, 0.4) is 0 Å². The predicted molar refractivity (Wildman–Crippen MR) is 82.0 cm³/mol. The molecule has 2 aliphatic rings. The third kappa shape index (κ3) is 3.08. The van der Waals surface area contributed by atoms with Gasteiger partial charge in [-0.25, -0.2) is 12.8 Å². The number of hydrogen-bond acceptors (Lipinski definition) is 5. The smallest absolute Gasteiger partial charge is 0.151 e. The fourth-order valence-corrected chi connectivity index (χ4v) is 5.03. The molecule has 0 saturated carbocycles. The summed E-state index contributed by atoms with van der Waals surface area (Å²) in [4.78, 5) is 4.29. The quantitative estimate of drug-likeness (QED) is 0.813. The topological polar surface area (TPSA) is 64.4 Å². The maximum atomic E-state index is 13.2. The van der Waals surface area contributed by atoms with Crippen molar-refractivity contribution in [1.29, 1.82) is 5.26 Å². The number of halogens is 1. The van der Waals surface area contributed by atoms with E-state index in [1.165, 1.54) is 12.1 Å². The van der Waals surface area contributed by atoms with E-state index in [9.17, 15) is 12.8 Å². The molecule has 0 amide bonds. The highest BCUT2D eigenvalue weighted by Gasteiger charge is 2.33. The van der Waals surface area contributed by atoms with E-state index in [1.54, 1.807) is 6.07 Å². The van der Waals surface area contributed by atoms with Crippen molar-refractivity contribution in [2.45, 2.75) is 12.5 Å². The number of benzene rings is 1. The molecule has 0 unspecified atom stereocenters. The van der Waals surface area contributed by atoms with Crippen LogP contribution in [0.25, 0.3) is 0 Å². The first-order valence-electron chi connectivity index (χ1n) is 7.37. The molecule has 0 aromatic heterocycles. The van der Waals surface area contributed by atoms with Crippen molar-refractivity contribution >= 4 is 15.5 Å². The summed E-state index contributed by atoms with van der Waals surface area (Å²) < 4.78 is 36.4. The van der Waals surface area contributed by atoms with Crippen molar-refractivity contribution in [2.24, 2.45) is 0 Å². The van der Waals surface area contributed by atoms with Gasteiger partial charge in [0.2, 0.25) is 0 Å². The van der Waals surface area contributed by atoms with E-state index in [-0.39, 0.29) is 17.5 Å². The Hall–Kier alpha value is -1.65. The van der Waals surface area contributed by atoms with Gasteiger partial charge < -0.3 is 4.90 Å². The van der Waals surface area contributed by atoms with Gasteiger partial charge in [-0.2, -0.15) is 5.26 Å². The summed E-state index contributed by atoms with van der Waals surface area (Å²) in [5.74, 6) is 0.136. The molecule has 22 heavy (non-hydrogen) atoms. The van der Waals surface area contributed by atoms with Gasteiger partial charge in [0.05, 0.1) is 22.8 Å². The minimum Gasteiger partial charge on any atom is -0.368 e. The van der Waals surface area contributed by atoms with Crippen LogP contribution in [-0.2, 0) is 9.84 Å². The molecule has 2 saturated heterocycles. The number of rotatable bonds is 2. The molecule has 0 N–H and O–H groups in total. The number of hydrogen-bond donors (Lipinski definition) is 0. The van der Waals surface area contributed by atoms with E-state index in [4.69, 9.17) is 5.26 Å². The van der Waals surface area contributed by atoms with Crippen LogP contribution in [0.5, 0.6) is 0 Å². The molecule has 1 atom stereocenters. The molecule has 1 aromatic carbocycles. The lowest BCUT2D eigenvalue weighted by Gasteiger charge is -2.39. The Morgan fingerprint density at radius 3 is 2.55 bits per heavy atom. The number of piperazine rings is 1. The lowest BCUT2D eigenvalue weighted by molar-refractivity contribution is 0.200. The van der Waals surface area contributed by atoms with E-state index in [0.29, 0.717) is 12.0 Å². The summed E-state index contributed by atoms with van der Waals surface area (Å²) in [7, 11) is -2.87.